The van der Waals surface area contributed by atoms with Gasteiger partial charge in [0.05, 0.1) is 11.2 Å². The molecule has 0 amide bonds. The molecule has 120 valence electrons. The first-order valence-corrected chi connectivity index (χ1v) is 9.06. The van der Waals surface area contributed by atoms with Crippen molar-refractivity contribution in [3.8, 4) is 0 Å². The van der Waals surface area contributed by atoms with E-state index in [1.807, 2.05) is 30.5 Å². The van der Waals surface area contributed by atoms with Gasteiger partial charge in [0.25, 0.3) is 11.1 Å². The lowest BCUT2D eigenvalue weighted by Crippen LogP contribution is -2.15. The van der Waals surface area contributed by atoms with E-state index in [0.29, 0.717) is 32.5 Å². The molecule has 0 aromatic carbocycles. The summed E-state index contributed by atoms with van der Waals surface area (Å²) in [5.41, 5.74) is 2.68. The van der Waals surface area contributed by atoms with Crippen LogP contribution in [-0.2, 0) is 5.75 Å². The van der Waals surface area contributed by atoms with Crippen LogP contribution >= 0.6 is 23.1 Å². The minimum Gasteiger partial charge on any atom is -0.300 e. The molecule has 4 aromatic rings. The summed E-state index contributed by atoms with van der Waals surface area (Å²) in [6, 6.07) is 7.08. The summed E-state index contributed by atoms with van der Waals surface area (Å²) in [7, 11) is 0. The van der Waals surface area contributed by atoms with E-state index >= 15 is 0 Å². The molecule has 0 atom stereocenters. The third-order valence-electron chi connectivity index (χ3n) is 3.59. The van der Waals surface area contributed by atoms with Gasteiger partial charge >= 0.3 is 0 Å². The Kier molecular flexibility index (Phi) is 3.70. The second-order valence-electron chi connectivity index (χ2n) is 5.27. The van der Waals surface area contributed by atoms with Crippen molar-refractivity contribution in [1.82, 2.24) is 19.4 Å². The molecule has 0 unspecified atom stereocenters. The Hall–Kier alpha value is -2.45. The van der Waals surface area contributed by atoms with Crippen molar-refractivity contribution < 1.29 is 0 Å². The van der Waals surface area contributed by atoms with Gasteiger partial charge in [0, 0.05) is 18.0 Å². The molecule has 1 N–H and O–H groups in total. The Morgan fingerprint density at radius 3 is 3.04 bits per heavy atom. The highest BCUT2D eigenvalue weighted by atomic mass is 32.2. The molecule has 8 heteroatoms. The number of pyridine rings is 1. The lowest BCUT2D eigenvalue weighted by Gasteiger charge is -2.06. The largest absolute Gasteiger partial charge is 0.300 e. The van der Waals surface area contributed by atoms with Crippen molar-refractivity contribution in [3.63, 3.8) is 0 Å². The van der Waals surface area contributed by atoms with Crippen molar-refractivity contribution in [1.29, 1.82) is 0 Å². The average Bonchev–Trinajstić information content (AvgIpc) is 3.03. The van der Waals surface area contributed by atoms with E-state index < -0.39 is 0 Å². The molecule has 4 aromatic heterocycles. The minimum atomic E-state index is -0.139. The SMILES string of the molecule is Cc1cccn2c(=O)cc(CSc3nc4ccsc4c(=O)[nH]3)nc12. The zero-order valence-corrected chi connectivity index (χ0v) is 14.3. The molecule has 0 saturated heterocycles. The summed E-state index contributed by atoms with van der Waals surface area (Å²) < 4.78 is 2.15. The highest BCUT2D eigenvalue weighted by molar-refractivity contribution is 7.98. The van der Waals surface area contributed by atoms with Gasteiger partial charge in [0.15, 0.2) is 5.16 Å². The molecule has 24 heavy (non-hydrogen) atoms. The van der Waals surface area contributed by atoms with Gasteiger partial charge < -0.3 is 4.98 Å². The first-order valence-electron chi connectivity index (χ1n) is 7.20. The third-order valence-corrected chi connectivity index (χ3v) is 5.40. The summed E-state index contributed by atoms with van der Waals surface area (Å²) in [4.78, 5) is 35.9. The molecular formula is C16H12N4O2S2. The average molecular weight is 356 g/mol. The number of nitrogens with one attached hydrogen (secondary N) is 1. The van der Waals surface area contributed by atoms with Crippen LogP contribution in [0, 0.1) is 6.92 Å². The van der Waals surface area contributed by atoms with Crippen LogP contribution < -0.4 is 11.1 Å². The fraction of sp³-hybridized carbons (Fsp3) is 0.125. The Morgan fingerprint density at radius 2 is 2.17 bits per heavy atom. The molecule has 4 rings (SSSR count). The maximum atomic E-state index is 12.2. The maximum Gasteiger partial charge on any atom is 0.269 e. The second kappa shape index (κ2) is 5.88. The number of fused-ring (bicyclic) bond motifs is 2. The smallest absolute Gasteiger partial charge is 0.269 e. The number of aromatic amines is 1. The van der Waals surface area contributed by atoms with Crippen LogP contribution in [0.1, 0.15) is 11.3 Å². The summed E-state index contributed by atoms with van der Waals surface area (Å²) in [5, 5.41) is 2.37. The van der Waals surface area contributed by atoms with Gasteiger partial charge in [-0.3, -0.25) is 14.0 Å². The monoisotopic (exact) mass is 356 g/mol. The molecule has 0 aliphatic carbocycles. The molecule has 0 bridgehead atoms. The minimum absolute atomic E-state index is 0.117. The molecule has 0 aliphatic heterocycles. The fourth-order valence-corrected chi connectivity index (χ4v) is 3.93. The van der Waals surface area contributed by atoms with Gasteiger partial charge in [0.2, 0.25) is 0 Å². The number of thioether (sulfide) groups is 1. The van der Waals surface area contributed by atoms with Gasteiger partial charge in [-0.1, -0.05) is 17.8 Å². The Bertz CT molecular complexity index is 1180. The van der Waals surface area contributed by atoms with E-state index in [1.165, 1.54) is 33.6 Å². The normalized spacial score (nSPS) is 11.4. The fourth-order valence-electron chi connectivity index (χ4n) is 2.45. The van der Waals surface area contributed by atoms with E-state index in [2.05, 4.69) is 15.0 Å². The van der Waals surface area contributed by atoms with Gasteiger partial charge in [0.1, 0.15) is 10.3 Å². The Morgan fingerprint density at radius 1 is 1.29 bits per heavy atom. The highest BCUT2D eigenvalue weighted by Gasteiger charge is 2.08. The van der Waals surface area contributed by atoms with Crippen LogP contribution in [0.4, 0.5) is 0 Å². The Balaban J connectivity index is 1.67. The topological polar surface area (TPSA) is 80.1 Å². The molecule has 6 nitrogen and oxygen atoms in total. The van der Waals surface area contributed by atoms with E-state index in [-0.39, 0.29) is 11.1 Å². The molecule has 4 heterocycles. The van der Waals surface area contributed by atoms with Crippen LogP contribution in [-0.4, -0.2) is 19.4 Å². The number of hydrogen-bond donors (Lipinski definition) is 1. The first-order chi connectivity index (χ1) is 11.6. The predicted molar refractivity (Wildman–Crippen MR) is 96.0 cm³/mol. The zero-order valence-electron chi connectivity index (χ0n) is 12.6. The predicted octanol–water partition coefficient (Wildman–Crippen LogP) is 2.59. The second-order valence-corrected chi connectivity index (χ2v) is 7.15. The highest BCUT2D eigenvalue weighted by Crippen LogP contribution is 2.21. The van der Waals surface area contributed by atoms with Crippen molar-refractivity contribution in [2.24, 2.45) is 0 Å². The quantitative estimate of drug-likeness (QED) is 0.451. The van der Waals surface area contributed by atoms with Crippen LogP contribution in [0.3, 0.4) is 0 Å². The van der Waals surface area contributed by atoms with Crippen LogP contribution in [0.2, 0.25) is 0 Å². The van der Waals surface area contributed by atoms with Crippen molar-refractivity contribution >= 4 is 39.0 Å². The number of H-pyrrole nitrogens is 1. The molecule has 0 spiro atoms. The summed E-state index contributed by atoms with van der Waals surface area (Å²) in [5.74, 6) is 0.457. The van der Waals surface area contributed by atoms with Gasteiger partial charge in [-0.15, -0.1) is 11.3 Å². The summed E-state index contributed by atoms with van der Waals surface area (Å²) in [6.45, 7) is 1.92. The lowest BCUT2D eigenvalue weighted by atomic mass is 10.3. The number of hydrogen-bond acceptors (Lipinski definition) is 6. The van der Waals surface area contributed by atoms with E-state index in [9.17, 15) is 9.59 Å². The molecule has 0 saturated carbocycles. The molecule has 0 aliphatic rings. The van der Waals surface area contributed by atoms with Crippen molar-refractivity contribution in [2.45, 2.75) is 17.8 Å². The van der Waals surface area contributed by atoms with Crippen LogP contribution in [0.25, 0.3) is 15.9 Å². The van der Waals surface area contributed by atoms with E-state index in [0.717, 1.165) is 5.56 Å². The van der Waals surface area contributed by atoms with Gasteiger partial charge in [-0.25, -0.2) is 9.97 Å². The van der Waals surface area contributed by atoms with Crippen LogP contribution in [0.15, 0.2) is 50.6 Å². The number of aryl methyl sites for hydroxylation is 1. The van der Waals surface area contributed by atoms with E-state index in [1.54, 1.807) is 6.20 Å². The van der Waals surface area contributed by atoms with E-state index in [4.69, 9.17) is 0 Å². The molecule has 0 fully saturated rings. The standard InChI is InChI=1S/C16H12N4O2S2/c1-9-3-2-5-20-12(21)7-10(17-14(9)20)8-24-16-18-11-4-6-23-13(11)15(22)19-16/h2-7H,8H2,1H3,(H,18,19,22). The molecular weight excluding hydrogens is 344 g/mol. The number of nitrogens with zero attached hydrogens (tertiary/aromatic N) is 3. The maximum absolute atomic E-state index is 12.2. The number of thiophene rings is 1. The number of rotatable bonds is 3. The Labute approximate surface area is 144 Å². The third kappa shape index (κ3) is 2.63. The van der Waals surface area contributed by atoms with Crippen molar-refractivity contribution in [2.75, 3.05) is 0 Å². The molecule has 0 radical (unpaired) electrons. The summed E-state index contributed by atoms with van der Waals surface area (Å²) in [6.07, 6.45) is 1.71. The van der Waals surface area contributed by atoms with Gasteiger partial charge in [-0.2, -0.15) is 0 Å². The first kappa shape index (κ1) is 15.1. The lowest BCUT2D eigenvalue weighted by molar-refractivity contribution is 0.969. The zero-order chi connectivity index (χ0) is 16.7. The van der Waals surface area contributed by atoms with Crippen molar-refractivity contribution in [3.05, 3.63) is 67.8 Å². The van der Waals surface area contributed by atoms with Gasteiger partial charge in [-0.05, 0) is 30.0 Å². The summed E-state index contributed by atoms with van der Waals surface area (Å²) >= 11 is 2.73. The van der Waals surface area contributed by atoms with Crippen LogP contribution in [0.5, 0.6) is 0 Å². The number of aromatic nitrogens is 4.